The normalized spacial score (nSPS) is 23.6. The zero-order valence-corrected chi connectivity index (χ0v) is 15.5. The Bertz CT molecular complexity index is 661. The molecule has 6 heteroatoms. The number of aliphatic hydroxyl groups excluding tert-OH is 1. The molecule has 142 valence electrons. The molecule has 2 aliphatic rings. The Labute approximate surface area is 155 Å². The molecule has 1 atom stereocenters. The second-order valence-electron chi connectivity index (χ2n) is 7.38. The maximum atomic E-state index is 13.0. The van der Waals surface area contributed by atoms with Crippen LogP contribution in [0.15, 0.2) is 24.3 Å². The molecule has 0 aromatic heterocycles. The fourth-order valence-electron chi connectivity index (χ4n) is 4.32. The molecule has 2 saturated heterocycles. The number of aliphatic hydroxyl groups is 1. The highest BCUT2D eigenvalue weighted by Crippen LogP contribution is 2.37. The maximum absolute atomic E-state index is 13.0. The first-order valence-corrected chi connectivity index (χ1v) is 9.53. The van der Waals surface area contributed by atoms with E-state index < -0.39 is 5.54 Å². The van der Waals surface area contributed by atoms with Crippen molar-refractivity contribution < 1.29 is 14.7 Å². The van der Waals surface area contributed by atoms with Gasteiger partial charge in [-0.2, -0.15) is 0 Å². The van der Waals surface area contributed by atoms with Gasteiger partial charge in [0.25, 0.3) is 0 Å². The van der Waals surface area contributed by atoms with Gasteiger partial charge in [0.2, 0.25) is 11.8 Å². The summed E-state index contributed by atoms with van der Waals surface area (Å²) in [5, 5.41) is 12.2. The number of hydrogen-bond acceptors (Lipinski definition) is 4. The van der Waals surface area contributed by atoms with Crippen LogP contribution in [0.25, 0.3) is 0 Å². The largest absolute Gasteiger partial charge is 0.395 e. The molecule has 0 bridgehead atoms. The summed E-state index contributed by atoms with van der Waals surface area (Å²) in [4.78, 5) is 29.3. The van der Waals surface area contributed by atoms with Crippen LogP contribution in [0, 0.1) is 6.92 Å². The Morgan fingerprint density at radius 2 is 1.96 bits per heavy atom. The van der Waals surface area contributed by atoms with Crippen molar-refractivity contribution in [3.63, 3.8) is 0 Å². The topological polar surface area (TPSA) is 72.9 Å². The summed E-state index contributed by atoms with van der Waals surface area (Å²) in [5.74, 6) is 0.0450. The van der Waals surface area contributed by atoms with Crippen LogP contribution in [-0.4, -0.2) is 65.0 Å². The molecule has 26 heavy (non-hydrogen) atoms. The molecule has 6 nitrogen and oxygen atoms in total. The summed E-state index contributed by atoms with van der Waals surface area (Å²) in [5.41, 5.74) is 1.72. The SMILES string of the molecule is Cc1ccccc1CNC(=O)CN1CCCC12CCCN(CCO)C2=O. The number of nitrogens with zero attached hydrogens (tertiary/aromatic N) is 2. The van der Waals surface area contributed by atoms with E-state index in [1.807, 2.05) is 31.2 Å². The van der Waals surface area contributed by atoms with Gasteiger partial charge in [-0.3, -0.25) is 14.5 Å². The van der Waals surface area contributed by atoms with Crippen molar-refractivity contribution in [2.45, 2.75) is 44.7 Å². The van der Waals surface area contributed by atoms with E-state index in [-0.39, 0.29) is 25.0 Å². The number of piperidine rings is 1. The standard InChI is InChI=1S/C20H29N3O3/c1-16-6-2-3-7-17(16)14-21-18(25)15-23-11-5-9-20(23)8-4-10-22(12-13-24)19(20)26/h2-3,6-7,24H,4-5,8-15H2,1H3,(H,21,25). The number of benzene rings is 1. The van der Waals surface area contributed by atoms with Crippen LogP contribution in [0.3, 0.4) is 0 Å². The first-order valence-electron chi connectivity index (χ1n) is 9.53. The third-order valence-electron chi connectivity index (χ3n) is 5.77. The summed E-state index contributed by atoms with van der Waals surface area (Å²) in [6.07, 6.45) is 3.47. The van der Waals surface area contributed by atoms with Gasteiger partial charge in [-0.15, -0.1) is 0 Å². The number of likely N-dealkylation sites (tertiary alicyclic amines) is 2. The second kappa shape index (κ2) is 8.18. The molecule has 1 unspecified atom stereocenters. The van der Waals surface area contributed by atoms with Crippen LogP contribution in [0.5, 0.6) is 0 Å². The van der Waals surface area contributed by atoms with Crippen LogP contribution in [0.4, 0.5) is 0 Å². The van der Waals surface area contributed by atoms with E-state index in [1.54, 1.807) is 4.90 Å². The number of β-amino-alcohol motifs (C(OH)–C–C–N with tert-alkyl or cyclic N) is 1. The first kappa shape index (κ1) is 18.9. The summed E-state index contributed by atoms with van der Waals surface area (Å²) < 4.78 is 0. The zero-order chi connectivity index (χ0) is 18.6. The van der Waals surface area contributed by atoms with E-state index in [9.17, 15) is 14.7 Å². The number of rotatable bonds is 6. The third-order valence-corrected chi connectivity index (χ3v) is 5.77. The highest BCUT2D eigenvalue weighted by atomic mass is 16.3. The molecular formula is C20H29N3O3. The number of hydrogen-bond donors (Lipinski definition) is 2. The van der Waals surface area contributed by atoms with Gasteiger partial charge in [-0.25, -0.2) is 0 Å². The first-order chi connectivity index (χ1) is 12.6. The molecule has 0 saturated carbocycles. The number of aryl methyl sites for hydroxylation is 1. The quantitative estimate of drug-likeness (QED) is 0.797. The molecule has 2 N–H and O–H groups in total. The number of carbonyl (C=O) groups is 2. The average molecular weight is 359 g/mol. The summed E-state index contributed by atoms with van der Waals surface area (Å²) >= 11 is 0. The van der Waals surface area contributed by atoms with Crippen molar-refractivity contribution in [2.75, 3.05) is 32.8 Å². The summed E-state index contributed by atoms with van der Waals surface area (Å²) in [7, 11) is 0. The Kier molecular flexibility index (Phi) is 5.94. The lowest BCUT2D eigenvalue weighted by molar-refractivity contribution is -0.148. The highest BCUT2D eigenvalue weighted by molar-refractivity contribution is 5.88. The van der Waals surface area contributed by atoms with Crippen LogP contribution in [0.2, 0.25) is 0 Å². The van der Waals surface area contributed by atoms with Crippen molar-refractivity contribution >= 4 is 11.8 Å². The van der Waals surface area contributed by atoms with Gasteiger partial charge in [0, 0.05) is 19.6 Å². The molecular weight excluding hydrogens is 330 g/mol. The van der Waals surface area contributed by atoms with Gasteiger partial charge in [0.15, 0.2) is 0 Å². The zero-order valence-electron chi connectivity index (χ0n) is 15.5. The number of carbonyl (C=O) groups excluding carboxylic acids is 2. The number of nitrogens with one attached hydrogen (secondary N) is 1. The van der Waals surface area contributed by atoms with Crippen molar-refractivity contribution in [3.8, 4) is 0 Å². The minimum atomic E-state index is -0.548. The molecule has 0 aliphatic carbocycles. The van der Waals surface area contributed by atoms with Gasteiger partial charge >= 0.3 is 0 Å². The average Bonchev–Trinajstić information content (AvgIpc) is 3.02. The Hall–Kier alpha value is -1.92. The van der Waals surface area contributed by atoms with E-state index in [4.69, 9.17) is 0 Å². The smallest absolute Gasteiger partial charge is 0.243 e. The molecule has 2 aliphatic heterocycles. The Balaban J connectivity index is 1.62. The summed E-state index contributed by atoms with van der Waals surface area (Å²) in [6.45, 7) is 4.65. The lowest BCUT2D eigenvalue weighted by Crippen LogP contribution is -2.61. The predicted molar refractivity (Wildman–Crippen MR) is 99.5 cm³/mol. The molecule has 1 aromatic rings. The van der Waals surface area contributed by atoms with Crippen molar-refractivity contribution in [2.24, 2.45) is 0 Å². The molecule has 0 radical (unpaired) electrons. The van der Waals surface area contributed by atoms with E-state index in [0.717, 1.165) is 43.4 Å². The van der Waals surface area contributed by atoms with E-state index >= 15 is 0 Å². The minimum absolute atomic E-state index is 0.0151. The lowest BCUT2D eigenvalue weighted by Gasteiger charge is -2.44. The highest BCUT2D eigenvalue weighted by Gasteiger charge is 2.50. The molecule has 2 heterocycles. The van der Waals surface area contributed by atoms with E-state index in [1.165, 1.54) is 0 Å². The van der Waals surface area contributed by atoms with Crippen molar-refractivity contribution in [1.82, 2.24) is 15.1 Å². The van der Waals surface area contributed by atoms with Crippen LogP contribution in [-0.2, 0) is 16.1 Å². The van der Waals surface area contributed by atoms with Gasteiger partial charge in [0.1, 0.15) is 5.54 Å². The lowest BCUT2D eigenvalue weighted by atomic mass is 9.85. The van der Waals surface area contributed by atoms with Gasteiger partial charge in [-0.1, -0.05) is 24.3 Å². The molecule has 1 spiro atoms. The molecule has 3 rings (SSSR count). The van der Waals surface area contributed by atoms with E-state index in [0.29, 0.717) is 19.6 Å². The fraction of sp³-hybridized carbons (Fsp3) is 0.600. The Morgan fingerprint density at radius 3 is 2.69 bits per heavy atom. The Morgan fingerprint density at radius 1 is 1.23 bits per heavy atom. The third kappa shape index (κ3) is 3.76. The van der Waals surface area contributed by atoms with Gasteiger partial charge < -0.3 is 15.3 Å². The molecule has 2 amide bonds. The number of amides is 2. The molecule has 2 fully saturated rings. The van der Waals surface area contributed by atoms with Crippen LogP contribution < -0.4 is 5.32 Å². The predicted octanol–water partition coefficient (Wildman–Crippen LogP) is 1.06. The van der Waals surface area contributed by atoms with Crippen LogP contribution >= 0.6 is 0 Å². The molecule has 1 aromatic carbocycles. The van der Waals surface area contributed by atoms with E-state index in [2.05, 4.69) is 10.2 Å². The van der Waals surface area contributed by atoms with Crippen molar-refractivity contribution in [1.29, 1.82) is 0 Å². The van der Waals surface area contributed by atoms with Gasteiger partial charge in [0.05, 0.1) is 13.2 Å². The maximum Gasteiger partial charge on any atom is 0.243 e. The minimum Gasteiger partial charge on any atom is -0.395 e. The second-order valence-corrected chi connectivity index (χ2v) is 7.38. The summed E-state index contributed by atoms with van der Waals surface area (Å²) in [6, 6.07) is 8.01. The van der Waals surface area contributed by atoms with Crippen LogP contribution in [0.1, 0.15) is 36.8 Å². The van der Waals surface area contributed by atoms with Gasteiger partial charge in [-0.05, 0) is 50.3 Å². The van der Waals surface area contributed by atoms with Crippen molar-refractivity contribution in [3.05, 3.63) is 35.4 Å². The fourth-order valence-corrected chi connectivity index (χ4v) is 4.32. The monoisotopic (exact) mass is 359 g/mol.